The summed E-state index contributed by atoms with van der Waals surface area (Å²) in [5.74, 6) is -0.431. The number of carbonyl (C=O) groups is 2. The molecule has 2 rings (SSSR count). The van der Waals surface area contributed by atoms with Crippen molar-refractivity contribution in [3.8, 4) is 0 Å². The first-order valence-electron chi connectivity index (χ1n) is 6.29. The molecule has 0 bridgehead atoms. The number of carbonyl (C=O) groups excluding carboxylic acids is 2. The van der Waals surface area contributed by atoms with Crippen molar-refractivity contribution in [1.29, 1.82) is 0 Å². The van der Waals surface area contributed by atoms with Crippen LogP contribution in [-0.4, -0.2) is 32.6 Å². The second-order valence-corrected chi connectivity index (χ2v) is 4.55. The molecule has 0 spiro atoms. The lowest BCUT2D eigenvalue weighted by Gasteiger charge is -2.28. The van der Waals surface area contributed by atoms with E-state index in [1.807, 2.05) is 19.2 Å². The number of esters is 1. The first-order chi connectivity index (χ1) is 9.15. The van der Waals surface area contributed by atoms with E-state index in [1.165, 1.54) is 17.6 Å². The van der Waals surface area contributed by atoms with E-state index in [4.69, 9.17) is 0 Å². The van der Waals surface area contributed by atoms with Crippen molar-refractivity contribution in [2.24, 2.45) is 0 Å². The molecule has 5 nitrogen and oxygen atoms in total. The van der Waals surface area contributed by atoms with Crippen LogP contribution >= 0.6 is 0 Å². The van der Waals surface area contributed by atoms with Gasteiger partial charge < -0.3 is 15.0 Å². The zero-order valence-corrected chi connectivity index (χ0v) is 11.2. The number of anilines is 1. The van der Waals surface area contributed by atoms with E-state index >= 15 is 0 Å². The van der Waals surface area contributed by atoms with Crippen LogP contribution in [0.25, 0.3) is 0 Å². The Balaban J connectivity index is 2.28. The minimum Gasteiger partial charge on any atom is -0.468 e. The summed E-state index contributed by atoms with van der Waals surface area (Å²) in [4.78, 5) is 24.8. The third-order valence-corrected chi connectivity index (χ3v) is 3.24. The van der Waals surface area contributed by atoms with E-state index in [9.17, 15) is 9.59 Å². The largest absolute Gasteiger partial charge is 0.468 e. The standard InChI is InChI=1S/C14H18N2O3/c1-15-8-10-3-5-12-11(7-10)4-6-13(17)16(12)9-14(18)19-2/h3,5,7,15H,4,6,8-9H2,1-2H3. The Morgan fingerprint density at radius 1 is 1.42 bits per heavy atom. The molecular weight excluding hydrogens is 244 g/mol. The summed E-state index contributed by atoms with van der Waals surface area (Å²) in [5.41, 5.74) is 3.10. The molecular formula is C14H18N2O3. The van der Waals surface area contributed by atoms with Gasteiger partial charge in [-0.1, -0.05) is 12.1 Å². The number of amides is 1. The molecule has 1 aliphatic heterocycles. The van der Waals surface area contributed by atoms with Gasteiger partial charge in [0.15, 0.2) is 0 Å². The summed E-state index contributed by atoms with van der Waals surface area (Å²) >= 11 is 0. The van der Waals surface area contributed by atoms with Crippen molar-refractivity contribution in [1.82, 2.24) is 5.32 Å². The fraction of sp³-hybridized carbons (Fsp3) is 0.429. The second kappa shape index (κ2) is 5.84. The Hall–Kier alpha value is -1.88. The predicted molar refractivity (Wildman–Crippen MR) is 71.9 cm³/mol. The minimum absolute atomic E-state index is 0.0201. The van der Waals surface area contributed by atoms with E-state index in [-0.39, 0.29) is 12.5 Å². The van der Waals surface area contributed by atoms with Gasteiger partial charge in [-0.05, 0) is 30.7 Å². The highest BCUT2D eigenvalue weighted by atomic mass is 16.5. The molecule has 0 atom stereocenters. The van der Waals surface area contributed by atoms with Crippen LogP contribution < -0.4 is 10.2 Å². The molecule has 1 aromatic carbocycles. The maximum Gasteiger partial charge on any atom is 0.325 e. The van der Waals surface area contributed by atoms with Crippen molar-refractivity contribution in [3.63, 3.8) is 0 Å². The number of rotatable bonds is 4. The van der Waals surface area contributed by atoms with Crippen LogP contribution in [0, 0.1) is 0 Å². The average molecular weight is 262 g/mol. The van der Waals surface area contributed by atoms with Crippen molar-refractivity contribution in [2.45, 2.75) is 19.4 Å². The van der Waals surface area contributed by atoms with Gasteiger partial charge in [0.05, 0.1) is 7.11 Å². The Kier molecular flexibility index (Phi) is 4.16. The quantitative estimate of drug-likeness (QED) is 0.818. The summed E-state index contributed by atoms with van der Waals surface area (Å²) in [7, 11) is 3.22. The van der Waals surface area contributed by atoms with Crippen LogP contribution in [0.1, 0.15) is 17.5 Å². The Labute approximate surface area is 112 Å². The van der Waals surface area contributed by atoms with Crippen molar-refractivity contribution in [3.05, 3.63) is 29.3 Å². The second-order valence-electron chi connectivity index (χ2n) is 4.55. The minimum atomic E-state index is -0.402. The molecule has 5 heteroatoms. The van der Waals surface area contributed by atoms with Crippen molar-refractivity contribution in [2.75, 3.05) is 25.6 Å². The number of nitrogens with zero attached hydrogens (tertiary/aromatic N) is 1. The molecule has 1 amide bonds. The average Bonchev–Trinajstić information content (AvgIpc) is 2.42. The van der Waals surface area contributed by atoms with E-state index in [1.54, 1.807) is 0 Å². The molecule has 1 N–H and O–H groups in total. The lowest BCUT2D eigenvalue weighted by molar-refractivity contribution is -0.140. The normalized spacial score (nSPS) is 14.2. The number of nitrogens with one attached hydrogen (secondary N) is 1. The maximum atomic E-state index is 11.9. The van der Waals surface area contributed by atoms with Gasteiger partial charge in [0.1, 0.15) is 6.54 Å². The van der Waals surface area contributed by atoms with Crippen molar-refractivity contribution >= 4 is 17.6 Å². The molecule has 0 radical (unpaired) electrons. The topological polar surface area (TPSA) is 58.6 Å². The molecule has 0 saturated heterocycles. The van der Waals surface area contributed by atoms with Crippen LogP contribution in [0.3, 0.4) is 0 Å². The molecule has 19 heavy (non-hydrogen) atoms. The Morgan fingerprint density at radius 2 is 2.21 bits per heavy atom. The zero-order chi connectivity index (χ0) is 13.8. The van der Waals surface area contributed by atoms with E-state index in [0.29, 0.717) is 6.42 Å². The monoisotopic (exact) mass is 262 g/mol. The molecule has 0 unspecified atom stereocenters. The van der Waals surface area contributed by atoms with Gasteiger partial charge in [0.25, 0.3) is 0 Å². The fourth-order valence-corrected chi connectivity index (χ4v) is 2.29. The zero-order valence-electron chi connectivity index (χ0n) is 11.2. The molecule has 102 valence electrons. The van der Waals surface area contributed by atoms with Gasteiger partial charge in [-0.15, -0.1) is 0 Å². The number of ether oxygens (including phenoxy) is 1. The molecule has 1 aromatic rings. The number of aryl methyl sites for hydroxylation is 1. The highest BCUT2D eigenvalue weighted by Crippen LogP contribution is 2.28. The molecule has 1 aliphatic rings. The van der Waals surface area contributed by atoms with Gasteiger partial charge >= 0.3 is 5.97 Å². The van der Waals surface area contributed by atoms with Crippen LogP contribution in [0.2, 0.25) is 0 Å². The number of hydrogen-bond donors (Lipinski definition) is 1. The highest BCUT2D eigenvalue weighted by Gasteiger charge is 2.26. The van der Waals surface area contributed by atoms with Gasteiger partial charge in [0, 0.05) is 18.7 Å². The lowest BCUT2D eigenvalue weighted by atomic mass is 9.98. The molecule has 1 heterocycles. The van der Waals surface area contributed by atoms with Crippen LogP contribution in [0.5, 0.6) is 0 Å². The molecule has 0 aliphatic carbocycles. The van der Waals surface area contributed by atoms with Gasteiger partial charge in [0.2, 0.25) is 5.91 Å². The maximum absolute atomic E-state index is 11.9. The summed E-state index contributed by atoms with van der Waals surface area (Å²) in [6.45, 7) is 0.770. The molecule has 0 fully saturated rings. The summed E-state index contributed by atoms with van der Waals surface area (Å²) in [6.07, 6.45) is 1.16. The highest BCUT2D eigenvalue weighted by molar-refractivity contribution is 6.00. The van der Waals surface area contributed by atoms with Gasteiger partial charge in [-0.25, -0.2) is 0 Å². The van der Waals surface area contributed by atoms with Crippen LogP contribution in [0.15, 0.2) is 18.2 Å². The summed E-state index contributed by atoms with van der Waals surface area (Å²) in [6, 6.07) is 5.96. The third-order valence-electron chi connectivity index (χ3n) is 3.24. The number of hydrogen-bond acceptors (Lipinski definition) is 4. The summed E-state index contributed by atoms with van der Waals surface area (Å²) < 4.78 is 4.64. The first kappa shape index (κ1) is 13.5. The number of fused-ring (bicyclic) bond motifs is 1. The van der Waals surface area contributed by atoms with Crippen LogP contribution in [0.4, 0.5) is 5.69 Å². The fourth-order valence-electron chi connectivity index (χ4n) is 2.29. The summed E-state index contributed by atoms with van der Waals surface area (Å²) in [5, 5.41) is 3.10. The number of benzene rings is 1. The van der Waals surface area contributed by atoms with Crippen LogP contribution in [-0.2, 0) is 27.3 Å². The van der Waals surface area contributed by atoms with E-state index < -0.39 is 5.97 Å². The first-order valence-corrected chi connectivity index (χ1v) is 6.29. The Bertz CT molecular complexity index is 499. The van der Waals surface area contributed by atoms with E-state index in [0.717, 1.165) is 24.2 Å². The lowest BCUT2D eigenvalue weighted by Crippen LogP contribution is -2.39. The van der Waals surface area contributed by atoms with Gasteiger partial charge in [-0.3, -0.25) is 9.59 Å². The molecule has 0 aromatic heterocycles. The Morgan fingerprint density at radius 3 is 2.89 bits per heavy atom. The smallest absolute Gasteiger partial charge is 0.325 e. The molecule has 0 saturated carbocycles. The number of methoxy groups -OCH3 is 1. The third kappa shape index (κ3) is 2.93. The predicted octanol–water partition coefficient (Wildman–Crippen LogP) is 0.858. The SMILES string of the molecule is CNCc1ccc2c(c1)CCC(=O)N2CC(=O)OC. The van der Waals surface area contributed by atoms with Crippen molar-refractivity contribution < 1.29 is 14.3 Å². The van der Waals surface area contributed by atoms with E-state index in [2.05, 4.69) is 16.1 Å². The van der Waals surface area contributed by atoms with Gasteiger partial charge in [-0.2, -0.15) is 0 Å².